The van der Waals surface area contributed by atoms with Gasteiger partial charge in [0.05, 0.1) is 5.56 Å². The average molecular weight is 308 g/mol. The lowest BCUT2D eigenvalue weighted by molar-refractivity contribution is 0.0731. The molecule has 1 fully saturated rings. The van der Waals surface area contributed by atoms with Gasteiger partial charge in [-0.15, -0.1) is 12.4 Å². The van der Waals surface area contributed by atoms with Crippen molar-refractivity contribution in [3.05, 3.63) is 23.9 Å². The molecule has 0 aliphatic carbocycles. The number of hydrogen-bond donors (Lipinski definition) is 1. The average Bonchev–Trinajstić information content (AvgIpc) is 2.46. The van der Waals surface area contributed by atoms with Crippen LogP contribution in [0.2, 0.25) is 0 Å². The van der Waals surface area contributed by atoms with Gasteiger partial charge in [0, 0.05) is 38.4 Å². The van der Waals surface area contributed by atoms with Crippen molar-refractivity contribution >= 4 is 18.3 Å². The third-order valence-corrected chi connectivity index (χ3v) is 2.74. The van der Waals surface area contributed by atoms with Crippen LogP contribution in [0.5, 0.6) is 5.88 Å². The van der Waals surface area contributed by atoms with Gasteiger partial charge in [-0.3, -0.25) is 4.79 Å². The summed E-state index contributed by atoms with van der Waals surface area (Å²) in [5, 5.41) is 3.16. The zero-order valence-electron chi connectivity index (χ0n) is 10.7. The summed E-state index contributed by atoms with van der Waals surface area (Å²) in [6.07, 6.45) is -1.19. The van der Waals surface area contributed by atoms with Crippen LogP contribution < -0.4 is 10.1 Å². The summed E-state index contributed by atoms with van der Waals surface area (Å²) in [6.45, 7) is 2.16. The first-order chi connectivity index (χ1) is 9.16. The maximum atomic E-state index is 12.1. The first kappa shape index (κ1) is 16.6. The Kier molecular flexibility index (Phi) is 6.60. The molecule has 1 saturated heterocycles. The first-order valence-corrected chi connectivity index (χ1v) is 6.04. The molecule has 0 spiro atoms. The Labute approximate surface area is 121 Å². The van der Waals surface area contributed by atoms with Crippen LogP contribution in [0, 0.1) is 0 Å². The molecule has 112 valence electrons. The normalized spacial score (nSPS) is 14.8. The second kappa shape index (κ2) is 7.96. The number of carbonyl (C=O) groups is 1. The number of rotatable bonds is 4. The minimum Gasteiger partial charge on any atom is -0.472 e. The van der Waals surface area contributed by atoms with E-state index in [1.54, 1.807) is 4.90 Å². The molecule has 0 saturated carbocycles. The van der Waals surface area contributed by atoms with E-state index in [4.69, 9.17) is 4.74 Å². The summed E-state index contributed by atoms with van der Waals surface area (Å²) in [5.41, 5.74) is 0.436. The van der Waals surface area contributed by atoms with Gasteiger partial charge >= 0.3 is 0 Å². The predicted octanol–water partition coefficient (Wildman–Crippen LogP) is 1.19. The number of alkyl halides is 2. The molecule has 1 aromatic rings. The number of nitrogens with one attached hydrogen (secondary N) is 1. The standard InChI is InChI=1S/C12H15F2N3O2.ClH/c13-10(14)8-19-11-2-1-9(7-16-11)12(18)17-5-3-15-4-6-17;/h1-2,7,10,15H,3-6,8H2;1H. The molecule has 1 aliphatic rings. The molecule has 1 N–H and O–H groups in total. The maximum absolute atomic E-state index is 12.1. The van der Waals surface area contributed by atoms with Crippen molar-refractivity contribution in [1.82, 2.24) is 15.2 Å². The lowest BCUT2D eigenvalue weighted by Gasteiger charge is -2.27. The van der Waals surface area contributed by atoms with Gasteiger partial charge in [-0.1, -0.05) is 0 Å². The summed E-state index contributed by atoms with van der Waals surface area (Å²) in [7, 11) is 0. The van der Waals surface area contributed by atoms with Gasteiger partial charge in [0.25, 0.3) is 12.3 Å². The minimum absolute atomic E-state index is 0. The Morgan fingerprint density at radius 3 is 2.65 bits per heavy atom. The molecule has 5 nitrogen and oxygen atoms in total. The van der Waals surface area contributed by atoms with Gasteiger partial charge < -0.3 is 15.0 Å². The zero-order valence-corrected chi connectivity index (χ0v) is 11.5. The van der Waals surface area contributed by atoms with Gasteiger partial charge in [-0.05, 0) is 6.07 Å². The lowest BCUT2D eigenvalue weighted by Crippen LogP contribution is -2.46. The molecule has 0 atom stereocenters. The number of hydrogen-bond acceptors (Lipinski definition) is 4. The van der Waals surface area contributed by atoms with Crippen molar-refractivity contribution in [2.45, 2.75) is 6.43 Å². The quantitative estimate of drug-likeness (QED) is 0.908. The number of pyridine rings is 1. The van der Waals surface area contributed by atoms with Crippen LogP contribution in [0.3, 0.4) is 0 Å². The number of aromatic nitrogens is 1. The number of carbonyl (C=O) groups excluding carboxylic acids is 1. The molecule has 0 unspecified atom stereocenters. The Morgan fingerprint density at radius 1 is 1.40 bits per heavy atom. The van der Waals surface area contributed by atoms with E-state index >= 15 is 0 Å². The van der Waals surface area contributed by atoms with E-state index in [0.717, 1.165) is 13.1 Å². The van der Waals surface area contributed by atoms with Crippen LogP contribution in [0.4, 0.5) is 8.78 Å². The van der Waals surface area contributed by atoms with Crippen molar-refractivity contribution < 1.29 is 18.3 Å². The Bertz CT molecular complexity index is 425. The molecule has 0 radical (unpaired) electrons. The number of amides is 1. The van der Waals surface area contributed by atoms with Crippen LogP contribution in [-0.2, 0) is 0 Å². The molecule has 1 aromatic heterocycles. The second-order valence-electron chi connectivity index (χ2n) is 4.13. The largest absolute Gasteiger partial charge is 0.472 e. The van der Waals surface area contributed by atoms with Gasteiger partial charge in [-0.2, -0.15) is 0 Å². The van der Waals surface area contributed by atoms with Gasteiger partial charge in [0.15, 0.2) is 6.61 Å². The van der Waals surface area contributed by atoms with E-state index in [0.29, 0.717) is 18.7 Å². The van der Waals surface area contributed by atoms with Gasteiger partial charge in [-0.25, -0.2) is 13.8 Å². The molecule has 1 amide bonds. The van der Waals surface area contributed by atoms with Crippen molar-refractivity contribution in [3.63, 3.8) is 0 Å². The van der Waals surface area contributed by atoms with Crippen molar-refractivity contribution in [3.8, 4) is 5.88 Å². The van der Waals surface area contributed by atoms with Crippen LogP contribution in [0.15, 0.2) is 18.3 Å². The topological polar surface area (TPSA) is 54.5 Å². The van der Waals surface area contributed by atoms with Crippen LogP contribution >= 0.6 is 12.4 Å². The fourth-order valence-electron chi connectivity index (χ4n) is 1.79. The monoisotopic (exact) mass is 307 g/mol. The maximum Gasteiger partial charge on any atom is 0.272 e. The molecular formula is C12H16ClF2N3O2. The molecule has 1 aliphatic heterocycles. The lowest BCUT2D eigenvalue weighted by atomic mass is 10.2. The Balaban J connectivity index is 0.00000200. The SMILES string of the molecule is Cl.O=C(c1ccc(OCC(F)F)nc1)N1CCNCC1. The third-order valence-electron chi connectivity index (χ3n) is 2.74. The fourth-order valence-corrected chi connectivity index (χ4v) is 1.79. The zero-order chi connectivity index (χ0) is 13.7. The number of nitrogens with zero attached hydrogens (tertiary/aromatic N) is 2. The van der Waals surface area contributed by atoms with Gasteiger partial charge in [0.2, 0.25) is 5.88 Å². The minimum atomic E-state index is -2.54. The number of piperazine rings is 1. The molecule has 2 rings (SSSR count). The fraction of sp³-hybridized carbons (Fsp3) is 0.500. The molecular weight excluding hydrogens is 292 g/mol. The van der Waals surface area contributed by atoms with Gasteiger partial charge in [0.1, 0.15) is 0 Å². The number of ether oxygens (including phenoxy) is 1. The smallest absolute Gasteiger partial charge is 0.272 e. The van der Waals surface area contributed by atoms with E-state index in [9.17, 15) is 13.6 Å². The van der Waals surface area contributed by atoms with E-state index in [1.165, 1.54) is 18.3 Å². The number of halogens is 3. The molecule has 0 aromatic carbocycles. The Hall–Kier alpha value is -1.47. The summed E-state index contributed by atoms with van der Waals surface area (Å²) >= 11 is 0. The highest BCUT2D eigenvalue weighted by Gasteiger charge is 2.18. The molecule has 8 heteroatoms. The predicted molar refractivity (Wildman–Crippen MR) is 71.8 cm³/mol. The molecule has 20 heavy (non-hydrogen) atoms. The summed E-state index contributed by atoms with van der Waals surface area (Å²) in [6, 6.07) is 2.97. The van der Waals surface area contributed by atoms with E-state index in [2.05, 4.69) is 10.3 Å². The Morgan fingerprint density at radius 2 is 2.10 bits per heavy atom. The third kappa shape index (κ3) is 4.57. The van der Waals surface area contributed by atoms with Crippen molar-refractivity contribution in [1.29, 1.82) is 0 Å². The highest BCUT2D eigenvalue weighted by molar-refractivity contribution is 5.94. The molecule has 0 bridgehead atoms. The summed E-state index contributed by atoms with van der Waals surface area (Å²) < 4.78 is 28.7. The summed E-state index contributed by atoms with van der Waals surface area (Å²) in [4.78, 5) is 17.7. The second-order valence-corrected chi connectivity index (χ2v) is 4.13. The summed E-state index contributed by atoms with van der Waals surface area (Å²) in [5.74, 6) is -0.00781. The van der Waals surface area contributed by atoms with Crippen LogP contribution in [0.25, 0.3) is 0 Å². The van der Waals surface area contributed by atoms with Crippen molar-refractivity contribution in [2.24, 2.45) is 0 Å². The van der Waals surface area contributed by atoms with Crippen molar-refractivity contribution in [2.75, 3.05) is 32.8 Å². The van der Waals surface area contributed by atoms with E-state index < -0.39 is 13.0 Å². The van der Waals surface area contributed by atoms with Crippen LogP contribution in [0.1, 0.15) is 10.4 Å². The first-order valence-electron chi connectivity index (χ1n) is 6.04. The highest BCUT2D eigenvalue weighted by atomic mass is 35.5. The van der Waals surface area contributed by atoms with Crippen LogP contribution in [-0.4, -0.2) is 55.0 Å². The van der Waals surface area contributed by atoms with E-state index in [-0.39, 0.29) is 24.2 Å². The van der Waals surface area contributed by atoms with E-state index in [1.807, 2.05) is 0 Å². The molecule has 2 heterocycles. The highest BCUT2D eigenvalue weighted by Crippen LogP contribution is 2.11.